The fourth-order valence-electron chi connectivity index (χ4n) is 1.08. The molecule has 0 heterocycles. The molecule has 0 fully saturated rings. The van der Waals surface area contributed by atoms with Crippen molar-refractivity contribution in [3.8, 4) is 0 Å². The fraction of sp³-hybridized carbons (Fsp3) is 0.364. The predicted octanol–water partition coefficient (Wildman–Crippen LogP) is 2.77. The summed E-state index contributed by atoms with van der Waals surface area (Å²) >= 11 is 0.243. The third-order valence-electron chi connectivity index (χ3n) is 1.77. The average Bonchev–Trinajstić information content (AvgIpc) is 2.29. The zero-order chi connectivity index (χ0) is 12.6. The zero-order valence-corrected chi connectivity index (χ0v) is 10.6. The van der Waals surface area contributed by atoms with E-state index >= 15 is 0 Å². The maximum Gasteiger partial charge on any atom is 0.186 e. The highest BCUT2D eigenvalue weighted by molar-refractivity contribution is 7.94. The van der Waals surface area contributed by atoms with Gasteiger partial charge in [-0.3, -0.25) is 0 Å². The number of aryl methyl sites for hydroxylation is 1. The first-order valence-electron chi connectivity index (χ1n) is 5.07. The van der Waals surface area contributed by atoms with Crippen molar-refractivity contribution in [1.82, 2.24) is 0 Å². The van der Waals surface area contributed by atoms with Gasteiger partial charge in [0.2, 0.25) is 0 Å². The lowest BCUT2D eigenvalue weighted by Gasteiger charge is -2.02. The Morgan fingerprint density at radius 1 is 1.38 bits per heavy atom. The maximum atomic E-state index is 12.3. The normalized spacial score (nSPS) is 9.00. The lowest BCUT2D eigenvalue weighted by molar-refractivity contribution is 0.930. The smallest absolute Gasteiger partial charge is 0.186 e. The Bertz CT molecular complexity index is 349. The minimum atomic E-state index is 0.0617. The Morgan fingerprint density at radius 2 is 2.00 bits per heavy atom. The lowest BCUT2D eigenvalue weighted by Crippen LogP contribution is -2.22. The van der Waals surface area contributed by atoms with E-state index in [4.69, 9.17) is 11.5 Å². The minimum absolute atomic E-state index is 0.0617. The van der Waals surface area contributed by atoms with E-state index in [0.717, 1.165) is 11.1 Å². The van der Waals surface area contributed by atoms with Crippen LogP contribution in [0.1, 0.15) is 25.0 Å². The number of hydrogen-bond donors (Lipinski definition) is 2. The second-order valence-corrected chi connectivity index (χ2v) is 3.51. The molecule has 90 valence electrons. The minimum Gasteiger partial charge on any atom is -0.370 e. The van der Waals surface area contributed by atoms with Crippen molar-refractivity contribution < 1.29 is 3.89 Å². The van der Waals surface area contributed by atoms with Gasteiger partial charge in [-0.05, 0) is 24.1 Å². The Kier molecular flexibility index (Phi) is 7.37. The first kappa shape index (κ1) is 14.8. The predicted molar refractivity (Wildman–Crippen MR) is 69.0 cm³/mol. The van der Waals surface area contributed by atoms with Crippen LogP contribution in [0.5, 0.6) is 0 Å². The van der Waals surface area contributed by atoms with Crippen molar-refractivity contribution >= 4 is 18.1 Å². The standard InChI is InChI=1S/C9H12FN3S.C2H6/c1-6-4-7(5-13-9(11)12)2-3-8(6)14-10;1-2/h2-4H,5H2,1H3,(H4,11,12,13);1-2H3. The maximum absolute atomic E-state index is 12.3. The molecule has 0 aliphatic rings. The van der Waals surface area contributed by atoms with Crippen LogP contribution < -0.4 is 11.5 Å². The van der Waals surface area contributed by atoms with Crippen LogP contribution in [0.2, 0.25) is 0 Å². The number of aliphatic imine (C=N–C) groups is 1. The van der Waals surface area contributed by atoms with Crippen molar-refractivity contribution in [2.45, 2.75) is 32.2 Å². The fourth-order valence-corrected chi connectivity index (χ4v) is 1.38. The van der Waals surface area contributed by atoms with Gasteiger partial charge in [-0.2, -0.15) is 3.89 Å². The third kappa shape index (κ3) is 5.02. The molecule has 0 radical (unpaired) electrons. The molecule has 0 atom stereocenters. The summed E-state index contributed by atoms with van der Waals surface area (Å²) in [4.78, 5) is 4.49. The Balaban J connectivity index is 0.00000106. The van der Waals surface area contributed by atoms with E-state index < -0.39 is 0 Å². The van der Waals surface area contributed by atoms with Crippen LogP contribution in [0.3, 0.4) is 0 Å². The molecular weight excluding hydrogens is 225 g/mol. The molecule has 0 unspecified atom stereocenters. The molecule has 5 heteroatoms. The summed E-state index contributed by atoms with van der Waals surface area (Å²) in [5.74, 6) is 0.0617. The van der Waals surface area contributed by atoms with Gasteiger partial charge in [-0.25, -0.2) is 4.99 Å². The monoisotopic (exact) mass is 243 g/mol. The molecule has 1 rings (SSSR count). The summed E-state index contributed by atoms with van der Waals surface area (Å²) in [5.41, 5.74) is 12.3. The Morgan fingerprint density at radius 3 is 2.44 bits per heavy atom. The molecule has 0 spiro atoms. The molecule has 4 N–H and O–H groups in total. The van der Waals surface area contributed by atoms with E-state index in [-0.39, 0.29) is 18.1 Å². The molecule has 1 aromatic carbocycles. The van der Waals surface area contributed by atoms with Gasteiger partial charge >= 0.3 is 0 Å². The molecule has 0 aromatic heterocycles. The number of nitrogens with two attached hydrogens (primary N) is 2. The summed E-state index contributed by atoms with van der Waals surface area (Å²) in [6, 6.07) is 5.40. The van der Waals surface area contributed by atoms with Crippen LogP contribution in [0, 0.1) is 6.92 Å². The van der Waals surface area contributed by atoms with E-state index in [1.807, 2.05) is 26.8 Å². The highest BCUT2D eigenvalue weighted by Gasteiger charge is 2.00. The largest absolute Gasteiger partial charge is 0.370 e. The van der Waals surface area contributed by atoms with Crippen LogP contribution >= 0.6 is 12.1 Å². The van der Waals surface area contributed by atoms with Crippen molar-refractivity contribution in [2.24, 2.45) is 16.5 Å². The van der Waals surface area contributed by atoms with Gasteiger partial charge in [0.15, 0.2) is 5.96 Å². The van der Waals surface area contributed by atoms with Crippen LogP contribution in [0.4, 0.5) is 3.89 Å². The Labute approximate surface area is 100 Å². The zero-order valence-electron chi connectivity index (χ0n) is 9.83. The quantitative estimate of drug-likeness (QED) is 0.633. The molecule has 1 aromatic rings. The summed E-state index contributed by atoms with van der Waals surface area (Å²) in [6.07, 6.45) is 0. The third-order valence-corrected chi connectivity index (χ3v) is 2.39. The SMILES string of the molecule is CC.Cc1cc(CN=C(N)N)ccc1SF. The van der Waals surface area contributed by atoms with Crippen LogP contribution in [0.25, 0.3) is 0 Å². The van der Waals surface area contributed by atoms with Gasteiger partial charge in [0.1, 0.15) is 0 Å². The molecule has 0 aliphatic heterocycles. The molecule has 0 aliphatic carbocycles. The number of guanidine groups is 1. The molecular formula is C11H18FN3S. The topological polar surface area (TPSA) is 64.4 Å². The second kappa shape index (κ2) is 7.98. The summed E-state index contributed by atoms with van der Waals surface area (Å²) in [7, 11) is 0. The first-order valence-corrected chi connectivity index (χ1v) is 5.78. The van der Waals surface area contributed by atoms with E-state index in [1.54, 1.807) is 12.1 Å². The molecule has 0 saturated carbocycles. The van der Waals surface area contributed by atoms with Gasteiger partial charge in [0, 0.05) is 4.90 Å². The first-order chi connectivity index (χ1) is 7.63. The van der Waals surface area contributed by atoms with Crippen molar-refractivity contribution in [2.75, 3.05) is 0 Å². The van der Waals surface area contributed by atoms with Gasteiger partial charge in [-0.1, -0.05) is 26.0 Å². The highest BCUT2D eigenvalue weighted by Crippen LogP contribution is 2.23. The van der Waals surface area contributed by atoms with Crippen LogP contribution in [0.15, 0.2) is 28.1 Å². The summed E-state index contributed by atoms with van der Waals surface area (Å²) in [6.45, 7) is 6.28. The number of benzene rings is 1. The number of rotatable bonds is 3. The molecule has 0 saturated heterocycles. The van der Waals surface area contributed by atoms with Gasteiger partial charge in [0.05, 0.1) is 18.7 Å². The molecule has 3 nitrogen and oxygen atoms in total. The Hall–Kier alpha value is -1.23. The van der Waals surface area contributed by atoms with Crippen molar-refractivity contribution in [3.63, 3.8) is 0 Å². The van der Waals surface area contributed by atoms with Gasteiger partial charge in [-0.15, -0.1) is 0 Å². The number of halogens is 1. The van der Waals surface area contributed by atoms with E-state index in [9.17, 15) is 3.89 Å². The molecule has 0 bridgehead atoms. The lowest BCUT2D eigenvalue weighted by atomic mass is 10.1. The highest BCUT2D eigenvalue weighted by atomic mass is 32.2. The number of hydrogen-bond acceptors (Lipinski definition) is 2. The van der Waals surface area contributed by atoms with Gasteiger partial charge < -0.3 is 11.5 Å². The van der Waals surface area contributed by atoms with E-state index in [2.05, 4.69) is 4.99 Å². The van der Waals surface area contributed by atoms with E-state index in [0.29, 0.717) is 11.4 Å². The average molecular weight is 243 g/mol. The molecule has 0 amide bonds. The van der Waals surface area contributed by atoms with Crippen molar-refractivity contribution in [3.05, 3.63) is 29.3 Å². The summed E-state index contributed by atoms with van der Waals surface area (Å²) < 4.78 is 12.3. The summed E-state index contributed by atoms with van der Waals surface area (Å²) in [5, 5.41) is 0. The van der Waals surface area contributed by atoms with Crippen LogP contribution in [-0.2, 0) is 6.54 Å². The van der Waals surface area contributed by atoms with Gasteiger partial charge in [0.25, 0.3) is 0 Å². The molecule has 16 heavy (non-hydrogen) atoms. The number of nitrogens with zero attached hydrogens (tertiary/aromatic N) is 1. The van der Waals surface area contributed by atoms with E-state index in [1.165, 1.54) is 0 Å². The van der Waals surface area contributed by atoms with Crippen molar-refractivity contribution in [1.29, 1.82) is 0 Å². The second-order valence-electron chi connectivity index (χ2n) is 2.92. The van der Waals surface area contributed by atoms with Crippen LogP contribution in [-0.4, -0.2) is 5.96 Å².